The Balaban J connectivity index is 1.63. The molecule has 1 aliphatic rings. The number of imidazole rings is 1. The standard InChI is InChI=1S/C17H19N5O2/c1-10-4-2-5-12-14(10)20-16(19-12)13-6-3-7-22(13)9-11-8-18-21-15(11)17(23)24/h2,4-5,8,13H,3,6-7,9H2,1H3,(H,18,21)(H,19,20)(H,23,24)/t13-/m0/s1. The zero-order valence-corrected chi connectivity index (χ0v) is 13.4. The van der Waals surface area contributed by atoms with Crippen LogP contribution in [0.1, 0.15) is 46.3 Å². The van der Waals surface area contributed by atoms with Gasteiger partial charge in [0.2, 0.25) is 0 Å². The average Bonchev–Trinajstić information content (AvgIpc) is 3.26. The fourth-order valence-electron chi connectivity index (χ4n) is 3.51. The first-order chi connectivity index (χ1) is 11.6. The van der Waals surface area contributed by atoms with Crippen molar-refractivity contribution in [2.75, 3.05) is 6.54 Å². The average molecular weight is 325 g/mol. The molecule has 0 amide bonds. The minimum absolute atomic E-state index is 0.168. The number of aromatic amines is 2. The molecule has 1 aromatic carbocycles. The van der Waals surface area contributed by atoms with Crippen LogP contribution in [0.15, 0.2) is 24.4 Å². The molecule has 0 saturated carbocycles. The van der Waals surface area contributed by atoms with Crippen molar-refractivity contribution in [1.29, 1.82) is 0 Å². The first-order valence-corrected chi connectivity index (χ1v) is 8.08. The van der Waals surface area contributed by atoms with Gasteiger partial charge in [-0.1, -0.05) is 12.1 Å². The molecule has 0 unspecified atom stereocenters. The quantitative estimate of drug-likeness (QED) is 0.685. The van der Waals surface area contributed by atoms with Gasteiger partial charge in [0.15, 0.2) is 0 Å². The van der Waals surface area contributed by atoms with Crippen LogP contribution < -0.4 is 0 Å². The third-order valence-electron chi connectivity index (χ3n) is 4.72. The zero-order chi connectivity index (χ0) is 16.7. The van der Waals surface area contributed by atoms with Gasteiger partial charge in [0.25, 0.3) is 0 Å². The minimum atomic E-state index is -0.974. The summed E-state index contributed by atoms with van der Waals surface area (Å²) in [5, 5.41) is 15.7. The number of hydrogen-bond donors (Lipinski definition) is 3. The van der Waals surface area contributed by atoms with Crippen LogP contribution in [0.3, 0.4) is 0 Å². The summed E-state index contributed by atoms with van der Waals surface area (Å²) in [5.74, 6) is -0.0187. The number of aromatic nitrogens is 4. The van der Waals surface area contributed by atoms with E-state index in [9.17, 15) is 9.90 Å². The molecule has 124 valence electrons. The van der Waals surface area contributed by atoms with Crippen molar-refractivity contribution in [2.45, 2.75) is 32.4 Å². The lowest BCUT2D eigenvalue weighted by molar-refractivity contribution is 0.0687. The Bertz CT molecular complexity index is 897. The van der Waals surface area contributed by atoms with Gasteiger partial charge < -0.3 is 10.1 Å². The second-order valence-corrected chi connectivity index (χ2v) is 6.30. The highest BCUT2D eigenvalue weighted by Gasteiger charge is 2.30. The van der Waals surface area contributed by atoms with Gasteiger partial charge in [0.1, 0.15) is 11.5 Å². The van der Waals surface area contributed by atoms with Gasteiger partial charge >= 0.3 is 5.97 Å². The van der Waals surface area contributed by atoms with Crippen LogP contribution in [0.5, 0.6) is 0 Å². The van der Waals surface area contributed by atoms with E-state index in [1.807, 2.05) is 12.1 Å². The van der Waals surface area contributed by atoms with Crippen molar-refractivity contribution in [3.05, 3.63) is 47.0 Å². The van der Waals surface area contributed by atoms with Crippen molar-refractivity contribution < 1.29 is 9.90 Å². The third kappa shape index (κ3) is 2.46. The third-order valence-corrected chi connectivity index (χ3v) is 4.72. The first-order valence-electron chi connectivity index (χ1n) is 8.08. The first kappa shape index (κ1) is 14.9. The lowest BCUT2D eigenvalue weighted by Gasteiger charge is -2.22. The van der Waals surface area contributed by atoms with E-state index >= 15 is 0 Å². The van der Waals surface area contributed by atoms with E-state index in [0.717, 1.165) is 41.8 Å². The molecule has 0 radical (unpaired) electrons. The second kappa shape index (κ2) is 5.76. The lowest BCUT2D eigenvalue weighted by Crippen LogP contribution is -2.24. The molecule has 1 saturated heterocycles. The van der Waals surface area contributed by atoms with Crippen LogP contribution >= 0.6 is 0 Å². The van der Waals surface area contributed by atoms with E-state index in [1.165, 1.54) is 0 Å². The molecule has 4 rings (SSSR count). The summed E-state index contributed by atoms with van der Waals surface area (Å²) < 4.78 is 0. The van der Waals surface area contributed by atoms with Crippen molar-refractivity contribution in [2.24, 2.45) is 0 Å². The normalized spacial score (nSPS) is 18.5. The van der Waals surface area contributed by atoms with Crippen LogP contribution in [0.2, 0.25) is 0 Å². The van der Waals surface area contributed by atoms with Crippen molar-refractivity contribution >= 4 is 17.0 Å². The molecule has 24 heavy (non-hydrogen) atoms. The number of rotatable bonds is 4. The molecule has 3 aromatic rings. The molecule has 1 atom stereocenters. The van der Waals surface area contributed by atoms with Gasteiger partial charge in [-0.15, -0.1) is 0 Å². The van der Waals surface area contributed by atoms with Crippen LogP contribution in [-0.4, -0.2) is 42.7 Å². The molecule has 0 bridgehead atoms. The van der Waals surface area contributed by atoms with E-state index in [4.69, 9.17) is 4.98 Å². The van der Waals surface area contributed by atoms with Gasteiger partial charge in [0, 0.05) is 12.1 Å². The number of carboxylic acid groups (broad SMARTS) is 1. The highest BCUT2D eigenvalue weighted by molar-refractivity contribution is 5.86. The highest BCUT2D eigenvalue weighted by atomic mass is 16.4. The van der Waals surface area contributed by atoms with E-state index in [2.05, 4.69) is 33.1 Å². The molecule has 0 aliphatic carbocycles. The van der Waals surface area contributed by atoms with Gasteiger partial charge in [-0.05, 0) is 37.9 Å². The molecule has 1 aliphatic heterocycles. The van der Waals surface area contributed by atoms with E-state index in [1.54, 1.807) is 6.20 Å². The van der Waals surface area contributed by atoms with Gasteiger partial charge in [-0.2, -0.15) is 5.10 Å². The summed E-state index contributed by atoms with van der Waals surface area (Å²) >= 11 is 0. The molecule has 7 heteroatoms. The lowest BCUT2D eigenvalue weighted by atomic mass is 10.2. The summed E-state index contributed by atoms with van der Waals surface area (Å²) in [4.78, 5) is 21.8. The van der Waals surface area contributed by atoms with Gasteiger partial charge in [-0.3, -0.25) is 10.00 Å². The number of H-pyrrole nitrogens is 2. The number of likely N-dealkylation sites (tertiary alicyclic amines) is 1. The Kier molecular flexibility index (Phi) is 3.57. The number of carbonyl (C=O) groups is 1. The molecule has 3 heterocycles. The fraction of sp³-hybridized carbons (Fsp3) is 0.353. The predicted molar refractivity (Wildman–Crippen MR) is 88.8 cm³/mol. The number of nitrogens with one attached hydrogen (secondary N) is 2. The summed E-state index contributed by atoms with van der Waals surface area (Å²) in [5.41, 5.74) is 4.09. The van der Waals surface area contributed by atoms with Crippen LogP contribution in [0.25, 0.3) is 11.0 Å². The Morgan fingerprint density at radius 3 is 3.12 bits per heavy atom. The van der Waals surface area contributed by atoms with Crippen LogP contribution in [-0.2, 0) is 6.54 Å². The summed E-state index contributed by atoms with van der Waals surface area (Å²) in [6.45, 7) is 3.54. The fourth-order valence-corrected chi connectivity index (χ4v) is 3.51. The van der Waals surface area contributed by atoms with Crippen molar-refractivity contribution in [1.82, 2.24) is 25.1 Å². The predicted octanol–water partition coefficient (Wildman–Crippen LogP) is 2.63. The molecule has 0 spiro atoms. The van der Waals surface area contributed by atoms with Crippen LogP contribution in [0.4, 0.5) is 0 Å². The largest absolute Gasteiger partial charge is 0.477 e. The maximum Gasteiger partial charge on any atom is 0.354 e. The molecule has 7 nitrogen and oxygen atoms in total. The van der Waals surface area contributed by atoms with E-state index < -0.39 is 5.97 Å². The summed E-state index contributed by atoms with van der Waals surface area (Å²) in [7, 11) is 0. The number of carboxylic acids is 1. The topological polar surface area (TPSA) is 97.9 Å². The number of fused-ring (bicyclic) bond motifs is 1. The van der Waals surface area contributed by atoms with Crippen molar-refractivity contribution in [3.8, 4) is 0 Å². The number of para-hydroxylation sites is 1. The van der Waals surface area contributed by atoms with Crippen LogP contribution in [0, 0.1) is 6.92 Å². The number of benzene rings is 1. The molecule has 1 fully saturated rings. The molecule has 2 aromatic heterocycles. The maximum atomic E-state index is 11.3. The summed E-state index contributed by atoms with van der Waals surface area (Å²) in [6, 6.07) is 6.30. The number of aromatic carboxylic acids is 1. The van der Waals surface area contributed by atoms with E-state index in [-0.39, 0.29) is 11.7 Å². The Morgan fingerprint density at radius 1 is 1.46 bits per heavy atom. The van der Waals surface area contributed by atoms with Gasteiger partial charge in [0.05, 0.1) is 23.3 Å². The number of aryl methyl sites for hydroxylation is 1. The molecule has 3 N–H and O–H groups in total. The maximum absolute atomic E-state index is 11.3. The van der Waals surface area contributed by atoms with E-state index in [0.29, 0.717) is 12.1 Å². The van der Waals surface area contributed by atoms with Gasteiger partial charge in [-0.25, -0.2) is 9.78 Å². The zero-order valence-electron chi connectivity index (χ0n) is 13.4. The monoisotopic (exact) mass is 325 g/mol. The summed E-state index contributed by atoms with van der Waals surface area (Å²) in [6.07, 6.45) is 3.68. The highest BCUT2D eigenvalue weighted by Crippen LogP contribution is 2.33. The number of hydrogen-bond acceptors (Lipinski definition) is 4. The second-order valence-electron chi connectivity index (χ2n) is 6.30. The Morgan fingerprint density at radius 2 is 2.33 bits per heavy atom. The minimum Gasteiger partial charge on any atom is -0.477 e. The SMILES string of the molecule is Cc1cccc2[nH]c([C@@H]3CCCN3Cc3cn[nH]c3C(=O)O)nc12. The molecular weight excluding hydrogens is 306 g/mol. The smallest absolute Gasteiger partial charge is 0.354 e. The molecular formula is C17H19N5O2. The Hall–Kier alpha value is -2.67. The Labute approximate surface area is 138 Å². The number of nitrogens with zero attached hydrogens (tertiary/aromatic N) is 3. The van der Waals surface area contributed by atoms with Crippen molar-refractivity contribution in [3.63, 3.8) is 0 Å².